The third-order valence-electron chi connectivity index (χ3n) is 7.05. The van der Waals surface area contributed by atoms with Crippen LogP contribution < -0.4 is 10.6 Å². The van der Waals surface area contributed by atoms with Crippen LogP contribution in [0.3, 0.4) is 0 Å². The van der Waals surface area contributed by atoms with Gasteiger partial charge in [0.2, 0.25) is 5.91 Å². The summed E-state index contributed by atoms with van der Waals surface area (Å²) in [7, 11) is 0. The number of benzene rings is 1. The van der Waals surface area contributed by atoms with E-state index in [1.54, 1.807) is 0 Å². The van der Waals surface area contributed by atoms with Crippen molar-refractivity contribution in [3.8, 4) is 0 Å². The topological polar surface area (TPSA) is 93.7 Å². The number of alkyl carbamates (subject to hydrolysis) is 1. The van der Waals surface area contributed by atoms with Crippen molar-refractivity contribution in [2.75, 3.05) is 0 Å². The first-order valence-electron chi connectivity index (χ1n) is 13.2. The molecular formula is C28H42N2O5. The first-order chi connectivity index (χ1) is 16.6. The summed E-state index contributed by atoms with van der Waals surface area (Å²) in [5.74, 6) is -0.681. The normalized spacial score (nSPS) is 20.0. The largest absolute Gasteiger partial charge is 0.458 e. The zero-order chi connectivity index (χ0) is 25.4. The smallest absolute Gasteiger partial charge is 0.408 e. The number of rotatable bonds is 6. The molecule has 3 rings (SSSR count). The summed E-state index contributed by atoms with van der Waals surface area (Å²) in [4.78, 5) is 40.2. The van der Waals surface area contributed by atoms with Crippen LogP contribution in [0, 0.1) is 0 Å². The summed E-state index contributed by atoms with van der Waals surface area (Å²) in [6.45, 7) is 5.66. The fourth-order valence-corrected chi connectivity index (χ4v) is 5.12. The van der Waals surface area contributed by atoms with E-state index >= 15 is 0 Å². The number of hydrogen-bond acceptors (Lipinski definition) is 5. The molecule has 2 aliphatic rings. The van der Waals surface area contributed by atoms with Gasteiger partial charge in [0.1, 0.15) is 23.3 Å². The predicted octanol–water partition coefficient (Wildman–Crippen LogP) is 5.56. The number of nitrogens with one attached hydrogen (secondary N) is 2. The van der Waals surface area contributed by atoms with E-state index in [-0.39, 0.29) is 18.5 Å². The third-order valence-corrected chi connectivity index (χ3v) is 7.05. The second-order valence-corrected chi connectivity index (χ2v) is 11.1. The van der Waals surface area contributed by atoms with Gasteiger partial charge >= 0.3 is 12.1 Å². The van der Waals surface area contributed by atoms with E-state index in [9.17, 15) is 14.4 Å². The zero-order valence-corrected chi connectivity index (χ0v) is 21.6. The number of ether oxygens (including phenoxy) is 2. The zero-order valence-electron chi connectivity index (χ0n) is 21.6. The first-order valence-corrected chi connectivity index (χ1v) is 13.2. The van der Waals surface area contributed by atoms with E-state index in [1.807, 2.05) is 51.1 Å². The van der Waals surface area contributed by atoms with Gasteiger partial charge in [-0.3, -0.25) is 4.79 Å². The summed E-state index contributed by atoms with van der Waals surface area (Å²) in [6.07, 6.45) is 8.91. The van der Waals surface area contributed by atoms with Crippen molar-refractivity contribution in [3.05, 3.63) is 35.9 Å². The average molecular weight is 487 g/mol. The highest BCUT2D eigenvalue weighted by molar-refractivity contribution is 5.95. The van der Waals surface area contributed by atoms with Crippen LogP contribution in [0.25, 0.3) is 0 Å². The lowest BCUT2D eigenvalue weighted by Crippen LogP contribution is -2.65. The highest BCUT2D eigenvalue weighted by Crippen LogP contribution is 2.33. The predicted molar refractivity (Wildman–Crippen MR) is 135 cm³/mol. The summed E-state index contributed by atoms with van der Waals surface area (Å²) in [6, 6.07) is 9.46. The van der Waals surface area contributed by atoms with E-state index in [0.717, 1.165) is 56.9 Å². The molecule has 2 N–H and O–H groups in total. The van der Waals surface area contributed by atoms with Gasteiger partial charge in [-0.05, 0) is 52.0 Å². The highest BCUT2D eigenvalue weighted by Gasteiger charge is 2.48. The van der Waals surface area contributed by atoms with Crippen LogP contribution in [0.15, 0.2) is 30.3 Å². The Kier molecular flexibility index (Phi) is 9.20. The van der Waals surface area contributed by atoms with Crippen LogP contribution in [0.5, 0.6) is 0 Å². The van der Waals surface area contributed by atoms with Crippen molar-refractivity contribution in [1.82, 2.24) is 10.6 Å². The van der Waals surface area contributed by atoms with E-state index in [0.29, 0.717) is 25.7 Å². The molecule has 0 saturated heterocycles. The molecule has 2 amide bonds. The minimum absolute atomic E-state index is 0.131. The Labute approximate surface area is 209 Å². The molecule has 0 unspecified atom stereocenters. The van der Waals surface area contributed by atoms with E-state index in [1.165, 1.54) is 0 Å². The van der Waals surface area contributed by atoms with Crippen LogP contribution >= 0.6 is 0 Å². The lowest BCUT2D eigenvalue weighted by atomic mass is 9.84. The Morgan fingerprint density at radius 1 is 0.771 bits per heavy atom. The third kappa shape index (κ3) is 7.71. The molecule has 1 aromatic carbocycles. The van der Waals surface area contributed by atoms with Gasteiger partial charge in [-0.2, -0.15) is 0 Å². The molecule has 0 bridgehead atoms. The number of amides is 2. The van der Waals surface area contributed by atoms with E-state index in [4.69, 9.17) is 9.47 Å². The SMILES string of the molecule is CC(C)(C)OC(=O)C1(NC(=O)C2(NC(=O)OCc3ccccc3)CCCCCC2)CCCCCC1. The maximum absolute atomic E-state index is 13.9. The maximum atomic E-state index is 13.9. The van der Waals surface area contributed by atoms with Crippen molar-refractivity contribution < 1.29 is 23.9 Å². The van der Waals surface area contributed by atoms with Gasteiger partial charge < -0.3 is 20.1 Å². The minimum atomic E-state index is -1.11. The molecule has 0 radical (unpaired) electrons. The number of carbonyl (C=O) groups is 3. The van der Waals surface area contributed by atoms with Gasteiger partial charge in [0.25, 0.3) is 0 Å². The van der Waals surface area contributed by atoms with Crippen molar-refractivity contribution in [1.29, 1.82) is 0 Å². The van der Waals surface area contributed by atoms with Gasteiger partial charge in [-0.15, -0.1) is 0 Å². The standard InChI is InChI=1S/C28H42N2O5/c1-26(2,3)35-24(32)28(19-13-6-7-14-20-28)29-23(31)27(17-11-4-5-12-18-27)30-25(33)34-21-22-15-9-8-10-16-22/h8-10,15-16H,4-7,11-14,17-21H2,1-3H3,(H,29,31)(H,30,33). The summed E-state index contributed by atoms with van der Waals surface area (Å²) in [5.41, 5.74) is -1.95. The number of esters is 1. The molecule has 0 atom stereocenters. The van der Waals surface area contributed by atoms with Crippen molar-refractivity contribution in [2.24, 2.45) is 0 Å². The highest BCUT2D eigenvalue weighted by atomic mass is 16.6. The van der Waals surface area contributed by atoms with Crippen LogP contribution in [-0.4, -0.2) is 34.6 Å². The second kappa shape index (κ2) is 11.9. The van der Waals surface area contributed by atoms with Gasteiger partial charge in [0.05, 0.1) is 0 Å². The molecule has 7 nitrogen and oxygen atoms in total. The van der Waals surface area contributed by atoms with Crippen molar-refractivity contribution in [2.45, 2.75) is 121 Å². The Balaban J connectivity index is 1.79. The first kappa shape index (κ1) is 27.0. The minimum Gasteiger partial charge on any atom is -0.458 e. The molecule has 0 aliphatic heterocycles. The fourth-order valence-electron chi connectivity index (χ4n) is 5.12. The number of carbonyl (C=O) groups excluding carboxylic acids is 3. The maximum Gasteiger partial charge on any atom is 0.408 e. The average Bonchev–Trinajstić information content (AvgIpc) is 3.19. The molecule has 2 saturated carbocycles. The van der Waals surface area contributed by atoms with Crippen LogP contribution in [0.4, 0.5) is 4.79 Å². The summed E-state index contributed by atoms with van der Waals surface area (Å²) >= 11 is 0. The van der Waals surface area contributed by atoms with Crippen LogP contribution in [-0.2, 0) is 25.7 Å². The van der Waals surface area contributed by atoms with Crippen molar-refractivity contribution >= 4 is 18.0 Å². The molecular weight excluding hydrogens is 444 g/mol. The molecule has 0 heterocycles. The Bertz CT molecular complexity index is 846. The molecule has 1 aromatic rings. The van der Waals surface area contributed by atoms with E-state index in [2.05, 4.69) is 10.6 Å². The Hall–Kier alpha value is -2.57. The lowest BCUT2D eigenvalue weighted by Gasteiger charge is -2.39. The fraction of sp³-hybridized carbons (Fsp3) is 0.679. The summed E-state index contributed by atoms with van der Waals surface area (Å²) in [5, 5.41) is 6.06. The van der Waals surface area contributed by atoms with E-state index < -0.39 is 22.8 Å². The van der Waals surface area contributed by atoms with Crippen LogP contribution in [0.2, 0.25) is 0 Å². The Morgan fingerprint density at radius 2 is 1.29 bits per heavy atom. The number of hydrogen-bond donors (Lipinski definition) is 2. The molecule has 2 aliphatic carbocycles. The molecule has 0 aromatic heterocycles. The Morgan fingerprint density at radius 3 is 1.80 bits per heavy atom. The molecule has 0 spiro atoms. The lowest BCUT2D eigenvalue weighted by molar-refractivity contribution is -0.166. The molecule has 35 heavy (non-hydrogen) atoms. The quantitative estimate of drug-likeness (QED) is 0.406. The molecule has 2 fully saturated rings. The van der Waals surface area contributed by atoms with Gasteiger partial charge in [-0.1, -0.05) is 81.7 Å². The van der Waals surface area contributed by atoms with Crippen LogP contribution in [0.1, 0.15) is 103 Å². The summed E-state index contributed by atoms with van der Waals surface area (Å²) < 4.78 is 11.3. The monoisotopic (exact) mass is 486 g/mol. The second-order valence-electron chi connectivity index (χ2n) is 11.1. The molecule has 7 heteroatoms. The van der Waals surface area contributed by atoms with Gasteiger partial charge in [-0.25, -0.2) is 9.59 Å². The van der Waals surface area contributed by atoms with Crippen molar-refractivity contribution in [3.63, 3.8) is 0 Å². The van der Waals surface area contributed by atoms with Gasteiger partial charge in [0, 0.05) is 0 Å². The molecule has 194 valence electrons. The van der Waals surface area contributed by atoms with Gasteiger partial charge in [0.15, 0.2) is 0 Å².